The maximum atomic E-state index is 5.81. The minimum atomic E-state index is 0.743. The van der Waals surface area contributed by atoms with Gasteiger partial charge in [-0.05, 0) is 59.6 Å². The minimum absolute atomic E-state index is 0.743. The van der Waals surface area contributed by atoms with Crippen LogP contribution in [0.5, 0.6) is 11.5 Å². The summed E-state index contributed by atoms with van der Waals surface area (Å²) < 4.78 is 6.65. The molecule has 17 heavy (non-hydrogen) atoms. The molecule has 1 aromatic heterocycles. The van der Waals surface area contributed by atoms with Gasteiger partial charge in [0.15, 0.2) is 0 Å². The van der Waals surface area contributed by atoms with Gasteiger partial charge >= 0.3 is 0 Å². The van der Waals surface area contributed by atoms with Crippen molar-refractivity contribution in [3.63, 3.8) is 0 Å². The van der Waals surface area contributed by atoms with Crippen LogP contribution in [0.3, 0.4) is 0 Å². The van der Waals surface area contributed by atoms with E-state index in [1.807, 2.05) is 38.1 Å². The van der Waals surface area contributed by atoms with Gasteiger partial charge in [0.05, 0.1) is 10.2 Å². The van der Waals surface area contributed by atoms with Gasteiger partial charge in [-0.1, -0.05) is 0 Å². The van der Waals surface area contributed by atoms with Crippen molar-refractivity contribution < 1.29 is 4.74 Å². The van der Waals surface area contributed by atoms with E-state index in [0.717, 1.165) is 32.9 Å². The van der Waals surface area contributed by atoms with Gasteiger partial charge in [-0.2, -0.15) is 0 Å². The quantitative estimate of drug-likeness (QED) is 0.856. The van der Waals surface area contributed by atoms with E-state index in [2.05, 4.69) is 20.9 Å². The van der Waals surface area contributed by atoms with Crippen molar-refractivity contribution in [1.29, 1.82) is 0 Å². The fraction of sp³-hybridized carbons (Fsp3) is 0.154. The maximum absolute atomic E-state index is 5.81. The van der Waals surface area contributed by atoms with Gasteiger partial charge in [-0.3, -0.25) is 4.98 Å². The van der Waals surface area contributed by atoms with E-state index < -0.39 is 0 Å². The highest BCUT2D eigenvalue weighted by atomic mass is 79.9. The van der Waals surface area contributed by atoms with E-state index >= 15 is 0 Å². The molecule has 0 fully saturated rings. The Kier molecular flexibility index (Phi) is 3.33. The molecule has 0 aliphatic rings. The van der Waals surface area contributed by atoms with Crippen LogP contribution in [-0.4, -0.2) is 4.98 Å². The summed E-state index contributed by atoms with van der Waals surface area (Å²) in [5.41, 5.74) is 8.40. The molecule has 0 spiro atoms. The fourth-order valence-corrected chi connectivity index (χ4v) is 1.89. The summed E-state index contributed by atoms with van der Waals surface area (Å²) in [5.74, 6) is 1.49. The zero-order valence-corrected chi connectivity index (χ0v) is 11.3. The molecule has 0 amide bonds. The van der Waals surface area contributed by atoms with E-state index in [4.69, 9.17) is 10.5 Å². The van der Waals surface area contributed by atoms with Crippen molar-refractivity contribution in [3.05, 3.63) is 46.2 Å². The van der Waals surface area contributed by atoms with E-state index in [1.165, 1.54) is 0 Å². The molecule has 2 rings (SSSR count). The molecule has 0 bridgehead atoms. The summed E-state index contributed by atoms with van der Waals surface area (Å²) in [4.78, 5) is 4.18. The molecule has 0 radical (unpaired) electrons. The highest BCUT2D eigenvalue weighted by molar-refractivity contribution is 9.10. The summed E-state index contributed by atoms with van der Waals surface area (Å²) in [6.45, 7) is 3.86. The second-order valence-electron chi connectivity index (χ2n) is 3.83. The molecule has 0 saturated heterocycles. The van der Waals surface area contributed by atoms with E-state index in [-0.39, 0.29) is 0 Å². The Hall–Kier alpha value is -1.55. The molecule has 1 heterocycles. The normalized spacial score (nSPS) is 10.3. The van der Waals surface area contributed by atoms with Crippen molar-refractivity contribution in [1.82, 2.24) is 4.98 Å². The Morgan fingerprint density at radius 1 is 1.24 bits per heavy atom. The van der Waals surface area contributed by atoms with E-state index in [0.29, 0.717) is 0 Å². The molecule has 0 aliphatic heterocycles. The van der Waals surface area contributed by atoms with Gasteiger partial charge in [-0.15, -0.1) is 0 Å². The van der Waals surface area contributed by atoms with Crippen LogP contribution in [0.1, 0.15) is 11.3 Å². The van der Waals surface area contributed by atoms with Crippen LogP contribution in [0.15, 0.2) is 34.9 Å². The van der Waals surface area contributed by atoms with Gasteiger partial charge < -0.3 is 10.5 Å². The molecule has 2 N–H and O–H groups in total. The molecule has 1 aromatic carbocycles. The van der Waals surface area contributed by atoms with Crippen LogP contribution in [-0.2, 0) is 0 Å². The molecule has 0 aliphatic carbocycles. The summed E-state index contributed by atoms with van der Waals surface area (Å²) in [6.07, 6.45) is 1.74. The number of benzene rings is 1. The van der Waals surface area contributed by atoms with Gasteiger partial charge in [0.25, 0.3) is 0 Å². The third-order valence-electron chi connectivity index (χ3n) is 2.50. The lowest BCUT2D eigenvalue weighted by atomic mass is 10.2. The number of nitrogens with zero attached hydrogens (tertiary/aromatic N) is 1. The fourth-order valence-electron chi connectivity index (χ4n) is 1.44. The first-order chi connectivity index (χ1) is 8.08. The van der Waals surface area contributed by atoms with Crippen molar-refractivity contribution in [2.24, 2.45) is 0 Å². The molecule has 88 valence electrons. The number of hydrogen-bond donors (Lipinski definition) is 1. The molecule has 0 atom stereocenters. The van der Waals surface area contributed by atoms with Gasteiger partial charge in [-0.25, -0.2) is 0 Å². The second-order valence-corrected chi connectivity index (χ2v) is 4.68. The summed E-state index contributed by atoms with van der Waals surface area (Å²) in [6, 6.07) is 7.49. The third kappa shape index (κ3) is 2.58. The molecular weight excluding hydrogens is 280 g/mol. The average Bonchev–Trinajstić information content (AvgIpc) is 2.29. The summed E-state index contributed by atoms with van der Waals surface area (Å²) in [5, 5.41) is 0. The van der Waals surface area contributed by atoms with Crippen LogP contribution in [0, 0.1) is 13.8 Å². The van der Waals surface area contributed by atoms with Gasteiger partial charge in [0.2, 0.25) is 0 Å². The molecule has 4 heteroatoms. The first-order valence-corrected chi connectivity index (χ1v) is 6.02. The zero-order chi connectivity index (χ0) is 12.4. The topological polar surface area (TPSA) is 48.1 Å². The zero-order valence-electron chi connectivity index (χ0n) is 9.70. The Morgan fingerprint density at radius 2 is 2.00 bits per heavy atom. The molecule has 3 nitrogen and oxygen atoms in total. The molecule has 0 saturated carbocycles. The van der Waals surface area contributed by atoms with Crippen molar-refractivity contribution in [2.75, 3.05) is 5.73 Å². The van der Waals surface area contributed by atoms with E-state index in [9.17, 15) is 0 Å². The number of nitrogens with two attached hydrogens (primary N) is 1. The van der Waals surface area contributed by atoms with Crippen LogP contribution in [0.25, 0.3) is 0 Å². The maximum Gasteiger partial charge on any atom is 0.148 e. The summed E-state index contributed by atoms with van der Waals surface area (Å²) >= 11 is 3.44. The highest BCUT2D eigenvalue weighted by Crippen LogP contribution is 2.33. The van der Waals surface area contributed by atoms with Crippen molar-refractivity contribution >= 4 is 21.6 Å². The summed E-state index contributed by atoms with van der Waals surface area (Å²) in [7, 11) is 0. The van der Waals surface area contributed by atoms with Crippen LogP contribution in [0.4, 0.5) is 5.69 Å². The molecular formula is C13H13BrN2O. The Morgan fingerprint density at radius 3 is 2.71 bits per heavy atom. The van der Waals surface area contributed by atoms with Gasteiger partial charge in [0.1, 0.15) is 11.5 Å². The van der Waals surface area contributed by atoms with Crippen LogP contribution < -0.4 is 10.5 Å². The number of ether oxygens (including phenoxy) is 1. The third-order valence-corrected chi connectivity index (χ3v) is 3.12. The Bertz CT molecular complexity index is 555. The number of aryl methyl sites for hydroxylation is 2. The average molecular weight is 293 g/mol. The Labute approximate surface area is 109 Å². The van der Waals surface area contributed by atoms with Crippen LogP contribution >= 0.6 is 15.9 Å². The lowest BCUT2D eigenvalue weighted by Crippen LogP contribution is -1.94. The largest absolute Gasteiger partial charge is 0.454 e. The first kappa shape index (κ1) is 11.9. The Balaban J connectivity index is 2.37. The highest BCUT2D eigenvalue weighted by Gasteiger charge is 2.07. The monoisotopic (exact) mass is 292 g/mol. The number of hydrogen-bond acceptors (Lipinski definition) is 3. The number of aromatic nitrogens is 1. The number of halogens is 1. The predicted octanol–water partition coefficient (Wildman–Crippen LogP) is 3.84. The minimum Gasteiger partial charge on any atom is -0.454 e. The standard InChI is InChI=1S/C13H13BrN2O/c1-8-6-13(10(14)7-11(8)15)17-12-4-3-5-16-9(12)2/h3-7H,15H2,1-2H3. The van der Waals surface area contributed by atoms with Crippen molar-refractivity contribution in [2.45, 2.75) is 13.8 Å². The number of nitrogen functional groups attached to an aromatic ring is 1. The lowest BCUT2D eigenvalue weighted by Gasteiger charge is -2.11. The van der Waals surface area contributed by atoms with Gasteiger partial charge in [0, 0.05) is 11.9 Å². The number of pyridine rings is 1. The van der Waals surface area contributed by atoms with Crippen molar-refractivity contribution in [3.8, 4) is 11.5 Å². The SMILES string of the molecule is Cc1cc(Oc2cccnc2C)c(Br)cc1N. The van der Waals surface area contributed by atoms with Crippen LogP contribution in [0.2, 0.25) is 0 Å². The number of anilines is 1. The second kappa shape index (κ2) is 4.75. The lowest BCUT2D eigenvalue weighted by molar-refractivity contribution is 0.472. The molecule has 2 aromatic rings. The molecule has 0 unspecified atom stereocenters. The van der Waals surface area contributed by atoms with E-state index in [1.54, 1.807) is 6.20 Å². The predicted molar refractivity (Wildman–Crippen MR) is 72.3 cm³/mol. The number of rotatable bonds is 2. The first-order valence-electron chi connectivity index (χ1n) is 5.23. The smallest absolute Gasteiger partial charge is 0.148 e.